The van der Waals surface area contributed by atoms with Crippen molar-refractivity contribution in [2.75, 3.05) is 13.1 Å². The molecule has 2 aromatic heterocycles. The second-order valence-corrected chi connectivity index (χ2v) is 6.76. The van der Waals surface area contributed by atoms with Gasteiger partial charge in [0.05, 0.1) is 17.8 Å². The summed E-state index contributed by atoms with van der Waals surface area (Å²) in [5.74, 6) is 0. The van der Waals surface area contributed by atoms with Gasteiger partial charge in [-0.25, -0.2) is 14.8 Å². The molecule has 1 aliphatic heterocycles. The highest BCUT2D eigenvalue weighted by Crippen LogP contribution is 2.25. The number of benzene rings is 1. The number of rotatable bonds is 3. The number of hydrogen-bond donors (Lipinski definition) is 0. The molecule has 4 rings (SSSR count). The highest BCUT2D eigenvalue weighted by atomic mass is 16.1. The zero-order valence-electron chi connectivity index (χ0n) is 14.7. The smallest absolute Gasteiger partial charge is 0.299 e. The van der Waals surface area contributed by atoms with Crippen LogP contribution in [0, 0.1) is 11.3 Å². The summed E-state index contributed by atoms with van der Waals surface area (Å²) in [6, 6.07) is 10.0. The van der Waals surface area contributed by atoms with Gasteiger partial charge in [-0.1, -0.05) is 12.1 Å². The van der Waals surface area contributed by atoms with Crippen LogP contribution in [0.15, 0.2) is 41.6 Å². The van der Waals surface area contributed by atoms with E-state index in [0.717, 1.165) is 43.6 Å². The topological polar surface area (TPSA) is 79.7 Å². The lowest BCUT2D eigenvalue weighted by molar-refractivity contribution is 0.179. The van der Waals surface area contributed by atoms with Gasteiger partial charge >= 0.3 is 5.69 Å². The highest BCUT2D eigenvalue weighted by molar-refractivity contribution is 5.70. The Hall–Kier alpha value is -2.98. The van der Waals surface area contributed by atoms with E-state index in [1.165, 1.54) is 11.9 Å². The summed E-state index contributed by atoms with van der Waals surface area (Å²) in [6.45, 7) is 2.72. The van der Waals surface area contributed by atoms with Gasteiger partial charge in [0, 0.05) is 32.7 Å². The lowest BCUT2D eigenvalue weighted by Crippen LogP contribution is -2.37. The van der Waals surface area contributed by atoms with Crippen molar-refractivity contribution in [2.45, 2.75) is 25.4 Å². The average molecular weight is 348 g/mol. The average Bonchev–Trinajstić information content (AvgIpc) is 2.94. The molecule has 1 saturated heterocycles. The Kier molecular flexibility index (Phi) is 4.27. The molecule has 0 aliphatic carbocycles. The molecular weight excluding hydrogens is 328 g/mol. The van der Waals surface area contributed by atoms with Crippen LogP contribution in [0.4, 0.5) is 0 Å². The first-order chi connectivity index (χ1) is 12.7. The van der Waals surface area contributed by atoms with Crippen LogP contribution in [0.3, 0.4) is 0 Å². The molecule has 7 nitrogen and oxygen atoms in total. The molecule has 0 atom stereocenters. The number of piperidine rings is 1. The minimum absolute atomic E-state index is 0.0222. The summed E-state index contributed by atoms with van der Waals surface area (Å²) in [5, 5.41) is 8.89. The number of imidazole rings is 1. The molecule has 1 aliphatic rings. The Bertz CT molecular complexity index is 1020. The zero-order chi connectivity index (χ0) is 18.1. The maximum Gasteiger partial charge on any atom is 0.330 e. The van der Waals surface area contributed by atoms with Gasteiger partial charge in [0.15, 0.2) is 5.65 Å². The normalized spacial score (nSPS) is 16.0. The van der Waals surface area contributed by atoms with Crippen LogP contribution in [0.5, 0.6) is 0 Å². The molecule has 0 bridgehead atoms. The number of nitriles is 1. The number of aryl methyl sites for hydroxylation is 1. The van der Waals surface area contributed by atoms with Gasteiger partial charge in [-0.2, -0.15) is 5.26 Å². The SMILES string of the molecule is Cn1c(=O)n(C2CCN(Cc3ccc(C#N)cc3)CC2)c2ncncc21. The molecule has 0 amide bonds. The van der Waals surface area contributed by atoms with E-state index in [4.69, 9.17) is 5.26 Å². The maximum atomic E-state index is 12.6. The van der Waals surface area contributed by atoms with Crippen LogP contribution in [0.1, 0.15) is 30.0 Å². The number of fused-ring (bicyclic) bond motifs is 1. The summed E-state index contributed by atoms with van der Waals surface area (Å²) >= 11 is 0. The van der Waals surface area contributed by atoms with E-state index >= 15 is 0 Å². The zero-order valence-corrected chi connectivity index (χ0v) is 14.7. The minimum Gasteiger partial charge on any atom is -0.299 e. The van der Waals surface area contributed by atoms with Crippen LogP contribution in [-0.4, -0.2) is 37.1 Å². The van der Waals surface area contributed by atoms with E-state index in [1.54, 1.807) is 17.8 Å². The van der Waals surface area contributed by atoms with E-state index in [9.17, 15) is 4.79 Å². The van der Waals surface area contributed by atoms with Crippen molar-refractivity contribution in [1.29, 1.82) is 5.26 Å². The summed E-state index contributed by atoms with van der Waals surface area (Å²) < 4.78 is 3.45. The quantitative estimate of drug-likeness (QED) is 0.721. The van der Waals surface area contributed by atoms with Crippen molar-refractivity contribution in [1.82, 2.24) is 24.0 Å². The largest absolute Gasteiger partial charge is 0.330 e. The van der Waals surface area contributed by atoms with Crippen molar-refractivity contribution in [2.24, 2.45) is 7.05 Å². The van der Waals surface area contributed by atoms with E-state index in [0.29, 0.717) is 5.56 Å². The van der Waals surface area contributed by atoms with Crippen molar-refractivity contribution in [3.8, 4) is 6.07 Å². The standard InChI is InChI=1S/C19H20N6O/c1-23-17-11-21-13-22-18(17)25(19(23)26)16-6-8-24(9-7-16)12-15-4-2-14(10-20)3-5-15/h2-5,11,13,16H,6-9,12H2,1H3. The molecule has 1 fully saturated rings. The van der Waals surface area contributed by atoms with Crippen molar-refractivity contribution >= 4 is 11.2 Å². The van der Waals surface area contributed by atoms with Crippen molar-refractivity contribution in [3.05, 3.63) is 58.4 Å². The third-order valence-electron chi connectivity index (χ3n) is 5.17. The Balaban J connectivity index is 1.48. The van der Waals surface area contributed by atoms with Crippen molar-refractivity contribution < 1.29 is 0 Å². The van der Waals surface area contributed by atoms with Gasteiger partial charge in [0.25, 0.3) is 0 Å². The van der Waals surface area contributed by atoms with E-state index < -0.39 is 0 Å². The Morgan fingerprint density at radius 2 is 1.96 bits per heavy atom. The van der Waals surface area contributed by atoms with Gasteiger partial charge in [-0.15, -0.1) is 0 Å². The first-order valence-electron chi connectivity index (χ1n) is 8.75. The highest BCUT2D eigenvalue weighted by Gasteiger charge is 2.25. The molecule has 0 N–H and O–H groups in total. The molecule has 26 heavy (non-hydrogen) atoms. The number of hydrogen-bond acceptors (Lipinski definition) is 5. The molecule has 132 valence electrons. The van der Waals surface area contributed by atoms with E-state index in [-0.39, 0.29) is 11.7 Å². The first-order valence-corrected chi connectivity index (χ1v) is 8.75. The third-order valence-corrected chi connectivity index (χ3v) is 5.17. The molecule has 0 radical (unpaired) electrons. The Labute approximate surface area is 151 Å². The molecule has 3 heterocycles. The van der Waals surface area contributed by atoms with Crippen LogP contribution >= 0.6 is 0 Å². The summed E-state index contributed by atoms with van der Waals surface area (Å²) in [6.07, 6.45) is 5.02. The molecule has 7 heteroatoms. The first kappa shape index (κ1) is 16.5. The number of likely N-dealkylation sites (tertiary alicyclic amines) is 1. The van der Waals surface area contributed by atoms with Gasteiger partial charge in [0.1, 0.15) is 11.8 Å². The summed E-state index contributed by atoms with van der Waals surface area (Å²) in [5.41, 5.74) is 3.36. The maximum absolute atomic E-state index is 12.6. The third kappa shape index (κ3) is 2.89. The van der Waals surface area contributed by atoms with Gasteiger partial charge in [-0.05, 0) is 30.5 Å². The molecule has 0 saturated carbocycles. The molecule has 3 aromatic rings. The molecule has 0 spiro atoms. The van der Waals surface area contributed by atoms with Crippen molar-refractivity contribution in [3.63, 3.8) is 0 Å². The Morgan fingerprint density at radius 3 is 2.65 bits per heavy atom. The van der Waals surface area contributed by atoms with Gasteiger partial charge in [0.2, 0.25) is 0 Å². The van der Waals surface area contributed by atoms with Crippen LogP contribution in [-0.2, 0) is 13.6 Å². The summed E-state index contributed by atoms with van der Waals surface area (Å²) in [7, 11) is 1.77. The van der Waals surface area contributed by atoms with Gasteiger partial charge < -0.3 is 0 Å². The van der Waals surface area contributed by atoms with Crippen LogP contribution in [0.25, 0.3) is 11.2 Å². The monoisotopic (exact) mass is 348 g/mol. The summed E-state index contributed by atoms with van der Waals surface area (Å²) in [4.78, 5) is 23.4. The number of nitrogens with zero attached hydrogens (tertiary/aromatic N) is 6. The predicted molar refractivity (Wildman–Crippen MR) is 97.5 cm³/mol. The second-order valence-electron chi connectivity index (χ2n) is 6.76. The fourth-order valence-corrected chi connectivity index (χ4v) is 3.70. The predicted octanol–water partition coefficient (Wildman–Crippen LogP) is 1.84. The van der Waals surface area contributed by atoms with E-state index in [2.05, 4.69) is 20.9 Å². The molecular formula is C19H20N6O. The fourth-order valence-electron chi connectivity index (χ4n) is 3.70. The van der Waals surface area contributed by atoms with Crippen LogP contribution in [0.2, 0.25) is 0 Å². The number of aromatic nitrogens is 4. The Morgan fingerprint density at radius 1 is 1.23 bits per heavy atom. The van der Waals surface area contributed by atoms with E-state index in [1.807, 2.05) is 28.8 Å². The lowest BCUT2D eigenvalue weighted by Gasteiger charge is -2.32. The molecule has 1 aromatic carbocycles. The molecule has 0 unspecified atom stereocenters. The second kappa shape index (κ2) is 6.73. The lowest BCUT2D eigenvalue weighted by atomic mass is 10.0. The minimum atomic E-state index is -0.0222. The van der Waals surface area contributed by atoms with Gasteiger partial charge in [-0.3, -0.25) is 14.0 Å². The van der Waals surface area contributed by atoms with Crippen LogP contribution < -0.4 is 5.69 Å². The fraction of sp³-hybridized carbons (Fsp3) is 0.368.